The lowest BCUT2D eigenvalue weighted by Crippen LogP contribution is -2.43. The molecule has 0 unspecified atom stereocenters. The zero-order valence-electron chi connectivity index (χ0n) is 14.5. The van der Waals surface area contributed by atoms with E-state index in [1.807, 2.05) is 13.8 Å². The third-order valence-corrected chi connectivity index (χ3v) is 6.00. The van der Waals surface area contributed by atoms with Crippen molar-refractivity contribution >= 4 is 33.2 Å². The average Bonchev–Trinajstić information content (AvgIpc) is 2.63. The third kappa shape index (κ3) is 4.34. The van der Waals surface area contributed by atoms with E-state index in [4.69, 9.17) is 11.6 Å². The van der Waals surface area contributed by atoms with Crippen LogP contribution in [0.5, 0.6) is 0 Å². The Hall–Kier alpha value is -2.12. The lowest BCUT2D eigenvalue weighted by atomic mass is 10.3. The van der Waals surface area contributed by atoms with Gasteiger partial charge in [0.15, 0.2) is 0 Å². The van der Waals surface area contributed by atoms with Gasteiger partial charge < -0.3 is 4.90 Å². The molecule has 1 amide bonds. The predicted molar refractivity (Wildman–Crippen MR) is 100 cm³/mol. The summed E-state index contributed by atoms with van der Waals surface area (Å²) < 4.78 is 40.6. The molecule has 0 fully saturated rings. The van der Waals surface area contributed by atoms with Gasteiger partial charge in [-0.3, -0.25) is 9.10 Å². The number of benzene rings is 2. The van der Waals surface area contributed by atoms with Crippen LogP contribution in [0.2, 0.25) is 5.02 Å². The molecule has 140 valence electrons. The van der Waals surface area contributed by atoms with Crippen LogP contribution in [0.4, 0.5) is 10.1 Å². The van der Waals surface area contributed by atoms with Gasteiger partial charge in [-0.05, 0) is 44.2 Å². The number of hydrogen-bond donors (Lipinski definition) is 0. The monoisotopic (exact) mass is 398 g/mol. The summed E-state index contributed by atoms with van der Waals surface area (Å²) in [6, 6.07) is 11.3. The molecule has 0 aromatic heterocycles. The van der Waals surface area contributed by atoms with E-state index >= 15 is 0 Å². The summed E-state index contributed by atoms with van der Waals surface area (Å²) in [7, 11) is -4.02. The Labute approximate surface area is 158 Å². The highest BCUT2D eigenvalue weighted by atomic mass is 35.5. The highest BCUT2D eigenvalue weighted by Gasteiger charge is 2.28. The molecule has 2 aromatic rings. The minimum Gasteiger partial charge on any atom is -0.342 e. The summed E-state index contributed by atoms with van der Waals surface area (Å²) >= 11 is 5.82. The number of amides is 1. The SMILES string of the molecule is CCN(CC)C(=O)CN(c1ccc(F)c(Cl)c1)S(=O)(=O)c1ccccc1. The van der Waals surface area contributed by atoms with Crippen molar-refractivity contribution in [1.29, 1.82) is 0 Å². The summed E-state index contributed by atoms with van der Waals surface area (Å²) in [6.07, 6.45) is 0. The molecule has 2 aromatic carbocycles. The largest absolute Gasteiger partial charge is 0.342 e. The maximum absolute atomic E-state index is 13.5. The maximum atomic E-state index is 13.5. The Morgan fingerprint density at radius 3 is 2.23 bits per heavy atom. The van der Waals surface area contributed by atoms with E-state index in [0.717, 1.165) is 10.4 Å². The highest BCUT2D eigenvalue weighted by Crippen LogP contribution is 2.27. The first-order valence-electron chi connectivity index (χ1n) is 8.11. The van der Waals surface area contributed by atoms with Crippen molar-refractivity contribution in [2.45, 2.75) is 18.7 Å². The van der Waals surface area contributed by atoms with Crippen LogP contribution in [0.3, 0.4) is 0 Å². The number of sulfonamides is 1. The summed E-state index contributed by atoms with van der Waals surface area (Å²) in [6.45, 7) is 4.14. The first-order chi connectivity index (χ1) is 12.3. The second-order valence-electron chi connectivity index (χ2n) is 5.49. The predicted octanol–water partition coefficient (Wildman–Crippen LogP) is 3.54. The lowest BCUT2D eigenvalue weighted by molar-refractivity contribution is -0.129. The fraction of sp³-hybridized carbons (Fsp3) is 0.278. The molecule has 0 atom stereocenters. The second-order valence-corrected chi connectivity index (χ2v) is 7.76. The molecule has 0 aliphatic rings. The van der Waals surface area contributed by atoms with Gasteiger partial charge >= 0.3 is 0 Å². The quantitative estimate of drug-likeness (QED) is 0.716. The Bertz CT molecular complexity index is 871. The molecular weight excluding hydrogens is 379 g/mol. The molecule has 2 rings (SSSR count). The minimum atomic E-state index is -4.02. The number of halogens is 2. The van der Waals surface area contributed by atoms with Crippen LogP contribution in [0.1, 0.15) is 13.8 Å². The van der Waals surface area contributed by atoms with Gasteiger partial charge in [-0.15, -0.1) is 0 Å². The van der Waals surface area contributed by atoms with Crippen LogP contribution in [-0.2, 0) is 14.8 Å². The van der Waals surface area contributed by atoms with Crippen LogP contribution >= 0.6 is 11.6 Å². The molecule has 0 saturated heterocycles. The molecule has 0 spiro atoms. The first kappa shape index (κ1) is 20.2. The molecule has 0 bridgehead atoms. The molecule has 0 aliphatic heterocycles. The zero-order chi connectivity index (χ0) is 19.3. The number of hydrogen-bond acceptors (Lipinski definition) is 3. The molecule has 8 heteroatoms. The molecule has 26 heavy (non-hydrogen) atoms. The number of likely N-dealkylation sites (N-methyl/N-ethyl adjacent to an activating group) is 1. The number of nitrogens with zero attached hydrogens (tertiary/aromatic N) is 2. The summed E-state index contributed by atoms with van der Waals surface area (Å²) in [5.41, 5.74) is 0.126. The Balaban J connectivity index is 2.51. The van der Waals surface area contributed by atoms with E-state index in [-0.39, 0.29) is 21.5 Å². The molecule has 0 aliphatic carbocycles. The third-order valence-electron chi connectivity index (χ3n) is 3.92. The summed E-state index contributed by atoms with van der Waals surface area (Å²) in [5.74, 6) is -1.02. The van der Waals surface area contributed by atoms with Gasteiger partial charge in [0.25, 0.3) is 10.0 Å². The minimum absolute atomic E-state index is 0.0350. The van der Waals surface area contributed by atoms with E-state index in [0.29, 0.717) is 13.1 Å². The van der Waals surface area contributed by atoms with Crippen LogP contribution < -0.4 is 4.31 Å². The summed E-state index contributed by atoms with van der Waals surface area (Å²) in [4.78, 5) is 14.1. The topological polar surface area (TPSA) is 57.7 Å². The van der Waals surface area contributed by atoms with E-state index in [9.17, 15) is 17.6 Å². The number of anilines is 1. The van der Waals surface area contributed by atoms with E-state index < -0.39 is 22.4 Å². The number of carbonyl (C=O) groups excluding carboxylic acids is 1. The molecular formula is C18H20ClFN2O3S. The molecule has 0 N–H and O–H groups in total. The van der Waals surface area contributed by atoms with Gasteiger partial charge in [-0.1, -0.05) is 29.8 Å². The van der Waals surface area contributed by atoms with Crippen molar-refractivity contribution in [1.82, 2.24) is 4.90 Å². The van der Waals surface area contributed by atoms with Gasteiger partial charge in [0.2, 0.25) is 5.91 Å². The molecule has 0 saturated carbocycles. The van der Waals surface area contributed by atoms with E-state index in [1.165, 1.54) is 29.2 Å². The maximum Gasteiger partial charge on any atom is 0.264 e. The lowest BCUT2D eigenvalue weighted by Gasteiger charge is -2.27. The van der Waals surface area contributed by atoms with Crippen molar-refractivity contribution in [3.63, 3.8) is 0 Å². The van der Waals surface area contributed by atoms with Crippen LogP contribution in [0.25, 0.3) is 0 Å². The van der Waals surface area contributed by atoms with Crippen molar-refractivity contribution in [2.24, 2.45) is 0 Å². The first-order valence-corrected chi connectivity index (χ1v) is 9.93. The van der Waals surface area contributed by atoms with Gasteiger partial charge in [-0.25, -0.2) is 12.8 Å². The zero-order valence-corrected chi connectivity index (χ0v) is 16.1. The van der Waals surface area contributed by atoms with Crippen molar-refractivity contribution in [2.75, 3.05) is 23.9 Å². The van der Waals surface area contributed by atoms with Crippen LogP contribution in [-0.4, -0.2) is 38.9 Å². The van der Waals surface area contributed by atoms with Crippen LogP contribution in [0, 0.1) is 5.82 Å². The van der Waals surface area contributed by atoms with Gasteiger partial charge in [0, 0.05) is 13.1 Å². The normalized spacial score (nSPS) is 11.2. The van der Waals surface area contributed by atoms with Gasteiger partial charge in [0.05, 0.1) is 15.6 Å². The van der Waals surface area contributed by atoms with Gasteiger partial charge in [0.1, 0.15) is 12.4 Å². The second kappa shape index (κ2) is 8.51. The van der Waals surface area contributed by atoms with E-state index in [2.05, 4.69) is 0 Å². The fourth-order valence-corrected chi connectivity index (χ4v) is 4.08. The Morgan fingerprint density at radius 1 is 1.08 bits per heavy atom. The molecule has 0 radical (unpaired) electrons. The smallest absolute Gasteiger partial charge is 0.264 e. The highest BCUT2D eigenvalue weighted by molar-refractivity contribution is 7.92. The fourth-order valence-electron chi connectivity index (χ4n) is 2.47. The molecule has 5 nitrogen and oxygen atoms in total. The molecule has 0 heterocycles. The standard InChI is InChI=1S/C18H20ClFN2O3S/c1-3-21(4-2)18(23)13-22(14-10-11-17(20)16(19)12-14)26(24,25)15-8-6-5-7-9-15/h5-12H,3-4,13H2,1-2H3. The van der Waals surface area contributed by atoms with Crippen molar-refractivity contribution in [3.05, 3.63) is 59.4 Å². The number of rotatable bonds is 7. The Kier molecular flexibility index (Phi) is 6.61. The average molecular weight is 399 g/mol. The van der Waals surface area contributed by atoms with Crippen molar-refractivity contribution in [3.8, 4) is 0 Å². The number of carbonyl (C=O) groups is 1. The Morgan fingerprint density at radius 2 is 1.69 bits per heavy atom. The van der Waals surface area contributed by atoms with E-state index in [1.54, 1.807) is 18.2 Å². The van der Waals surface area contributed by atoms with Crippen molar-refractivity contribution < 1.29 is 17.6 Å². The summed E-state index contributed by atoms with van der Waals surface area (Å²) in [5, 5.41) is -0.217. The van der Waals surface area contributed by atoms with Gasteiger partial charge in [-0.2, -0.15) is 0 Å². The van der Waals surface area contributed by atoms with Crippen LogP contribution in [0.15, 0.2) is 53.4 Å².